The molecular weight excluding hydrogens is 200 g/mol. The van der Waals surface area contributed by atoms with Gasteiger partial charge >= 0.3 is 5.97 Å². The molecule has 0 aliphatic heterocycles. The van der Waals surface area contributed by atoms with Gasteiger partial charge in [0.05, 0.1) is 0 Å². The van der Waals surface area contributed by atoms with E-state index in [-0.39, 0.29) is 12.6 Å². The molecule has 0 saturated carbocycles. The maximum Gasteiger partial charge on any atom is 0.306 e. The van der Waals surface area contributed by atoms with Gasteiger partial charge < -0.3 is 4.74 Å². The summed E-state index contributed by atoms with van der Waals surface area (Å²) in [6.45, 7) is 6.05. The van der Waals surface area contributed by atoms with E-state index in [1.165, 1.54) is 11.1 Å². The van der Waals surface area contributed by atoms with E-state index in [9.17, 15) is 4.79 Å². The van der Waals surface area contributed by atoms with Crippen molar-refractivity contribution >= 4 is 5.97 Å². The molecule has 0 aliphatic rings. The molecule has 1 aromatic rings. The van der Waals surface area contributed by atoms with Crippen molar-refractivity contribution in [2.45, 2.75) is 27.2 Å². The second-order valence-electron chi connectivity index (χ2n) is 3.62. The van der Waals surface area contributed by atoms with Crippen molar-refractivity contribution in [2.24, 2.45) is 0 Å². The van der Waals surface area contributed by atoms with Crippen LogP contribution in [0, 0.1) is 25.7 Å². The number of hydrogen-bond acceptors (Lipinski definition) is 2. The summed E-state index contributed by atoms with van der Waals surface area (Å²) in [5.41, 5.74) is 3.43. The molecule has 0 amide bonds. The highest BCUT2D eigenvalue weighted by atomic mass is 16.5. The Morgan fingerprint density at radius 3 is 2.69 bits per heavy atom. The Kier molecular flexibility index (Phi) is 4.60. The van der Waals surface area contributed by atoms with Crippen molar-refractivity contribution in [3.8, 4) is 11.8 Å². The molecule has 0 heterocycles. The lowest BCUT2D eigenvalue weighted by Crippen LogP contribution is -2.01. The van der Waals surface area contributed by atoms with Gasteiger partial charge in [-0.15, -0.1) is 0 Å². The lowest BCUT2D eigenvalue weighted by atomic mass is 10.1. The summed E-state index contributed by atoms with van der Waals surface area (Å²) in [4.78, 5) is 10.8. The molecule has 1 aromatic carbocycles. The number of carbonyl (C=O) groups is 1. The first-order valence-electron chi connectivity index (χ1n) is 5.35. The van der Waals surface area contributed by atoms with Crippen molar-refractivity contribution in [3.63, 3.8) is 0 Å². The monoisotopic (exact) mass is 216 g/mol. The predicted octanol–water partition coefficient (Wildman–Crippen LogP) is 2.61. The summed E-state index contributed by atoms with van der Waals surface area (Å²) < 4.78 is 4.85. The van der Waals surface area contributed by atoms with E-state index in [0.717, 1.165) is 5.56 Å². The Hall–Kier alpha value is -1.75. The second-order valence-corrected chi connectivity index (χ2v) is 3.62. The van der Waals surface area contributed by atoms with Gasteiger partial charge in [0.15, 0.2) is 6.61 Å². The van der Waals surface area contributed by atoms with Crippen molar-refractivity contribution < 1.29 is 9.53 Å². The molecule has 1 rings (SSSR count). The summed E-state index contributed by atoms with van der Waals surface area (Å²) in [5, 5.41) is 0. The van der Waals surface area contributed by atoms with Gasteiger partial charge in [-0.1, -0.05) is 24.8 Å². The highest BCUT2D eigenvalue weighted by molar-refractivity contribution is 5.69. The Labute approximate surface area is 96.6 Å². The van der Waals surface area contributed by atoms with Crippen LogP contribution in [0.4, 0.5) is 0 Å². The first kappa shape index (κ1) is 12.3. The molecule has 84 valence electrons. The maximum atomic E-state index is 10.8. The van der Waals surface area contributed by atoms with E-state index in [0.29, 0.717) is 6.42 Å². The summed E-state index contributed by atoms with van der Waals surface area (Å²) in [6, 6.07) is 6.04. The van der Waals surface area contributed by atoms with Crippen molar-refractivity contribution in [1.82, 2.24) is 0 Å². The zero-order valence-electron chi connectivity index (χ0n) is 9.96. The van der Waals surface area contributed by atoms with Gasteiger partial charge in [-0.25, -0.2) is 0 Å². The third-order valence-electron chi connectivity index (χ3n) is 2.33. The SMILES string of the molecule is CCC(=O)OCC#Cc1ccc(C)c(C)c1. The molecule has 2 nitrogen and oxygen atoms in total. The second kappa shape index (κ2) is 5.97. The molecule has 0 unspecified atom stereocenters. The Bertz CT molecular complexity index is 436. The van der Waals surface area contributed by atoms with Gasteiger partial charge in [-0.05, 0) is 37.1 Å². The molecule has 0 N–H and O–H groups in total. The Balaban J connectivity index is 2.56. The number of esters is 1. The third kappa shape index (κ3) is 3.78. The fourth-order valence-electron chi connectivity index (χ4n) is 1.18. The summed E-state index contributed by atoms with van der Waals surface area (Å²) in [5.74, 6) is 5.57. The zero-order valence-corrected chi connectivity index (χ0v) is 9.96. The predicted molar refractivity (Wildman–Crippen MR) is 64.0 cm³/mol. The van der Waals surface area contributed by atoms with Crippen LogP contribution in [-0.2, 0) is 9.53 Å². The van der Waals surface area contributed by atoms with E-state index in [1.807, 2.05) is 18.2 Å². The van der Waals surface area contributed by atoms with Crippen molar-refractivity contribution in [1.29, 1.82) is 0 Å². The molecular formula is C14H16O2. The Morgan fingerprint density at radius 1 is 1.31 bits per heavy atom. The fraction of sp³-hybridized carbons (Fsp3) is 0.357. The quantitative estimate of drug-likeness (QED) is 0.561. The number of aryl methyl sites for hydroxylation is 2. The van der Waals surface area contributed by atoms with E-state index < -0.39 is 0 Å². The number of carbonyl (C=O) groups excluding carboxylic acids is 1. The number of rotatable bonds is 2. The lowest BCUT2D eigenvalue weighted by Gasteiger charge is -1.99. The van der Waals surface area contributed by atoms with Crippen LogP contribution in [0.3, 0.4) is 0 Å². The van der Waals surface area contributed by atoms with Crippen molar-refractivity contribution in [2.75, 3.05) is 6.61 Å². The number of hydrogen-bond donors (Lipinski definition) is 0. The minimum atomic E-state index is -0.214. The smallest absolute Gasteiger partial charge is 0.306 e. The van der Waals surface area contributed by atoms with E-state index >= 15 is 0 Å². The average Bonchev–Trinajstić information content (AvgIpc) is 2.28. The molecule has 0 fully saturated rings. The fourth-order valence-corrected chi connectivity index (χ4v) is 1.18. The average molecular weight is 216 g/mol. The van der Waals surface area contributed by atoms with E-state index in [1.54, 1.807) is 6.92 Å². The molecule has 0 spiro atoms. The Morgan fingerprint density at radius 2 is 2.06 bits per heavy atom. The largest absolute Gasteiger partial charge is 0.452 e. The minimum Gasteiger partial charge on any atom is -0.452 e. The molecule has 16 heavy (non-hydrogen) atoms. The van der Waals surface area contributed by atoms with Crippen LogP contribution in [0.25, 0.3) is 0 Å². The van der Waals surface area contributed by atoms with Crippen LogP contribution < -0.4 is 0 Å². The van der Waals surface area contributed by atoms with Crippen molar-refractivity contribution in [3.05, 3.63) is 34.9 Å². The molecule has 0 aromatic heterocycles. The highest BCUT2D eigenvalue weighted by Gasteiger charge is 1.95. The highest BCUT2D eigenvalue weighted by Crippen LogP contribution is 2.08. The standard InChI is InChI=1S/C14H16O2/c1-4-14(15)16-9-5-6-13-8-7-11(2)12(3)10-13/h7-8,10H,4,9H2,1-3H3. The molecule has 0 saturated heterocycles. The molecule has 2 heteroatoms. The summed E-state index contributed by atoms with van der Waals surface area (Å²) in [6.07, 6.45) is 0.394. The number of ether oxygens (including phenoxy) is 1. The van der Waals surface area contributed by atoms with Crippen LogP contribution in [0.15, 0.2) is 18.2 Å². The van der Waals surface area contributed by atoms with Crippen LogP contribution in [0.1, 0.15) is 30.0 Å². The van der Waals surface area contributed by atoms with Gasteiger partial charge in [0.1, 0.15) is 0 Å². The van der Waals surface area contributed by atoms with Crippen LogP contribution in [0.2, 0.25) is 0 Å². The lowest BCUT2D eigenvalue weighted by molar-refractivity contribution is -0.141. The first-order valence-corrected chi connectivity index (χ1v) is 5.35. The zero-order chi connectivity index (χ0) is 12.0. The minimum absolute atomic E-state index is 0.166. The third-order valence-corrected chi connectivity index (χ3v) is 2.33. The molecule has 0 aliphatic carbocycles. The van der Waals surface area contributed by atoms with Gasteiger partial charge in [-0.3, -0.25) is 4.79 Å². The summed E-state index contributed by atoms with van der Waals surface area (Å²) >= 11 is 0. The van der Waals surface area contributed by atoms with Crippen LogP contribution in [-0.4, -0.2) is 12.6 Å². The van der Waals surface area contributed by atoms with E-state index in [2.05, 4.69) is 25.7 Å². The normalized spacial score (nSPS) is 9.19. The molecule has 0 atom stereocenters. The first-order chi connectivity index (χ1) is 7.63. The topological polar surface area (TPSA) is 26.3 Å². The summed E-state index contributed by atoms with van der Waals surface area (Å²) in [7, 11) is 0. The number of benzene rings is 1. The van der Waals surface area contributed by atoms with Gasteiger partial charge in [0.2, 0.25) is 0 Å². The van der Waals surface area contributed by atoms with Gasteiger partial charge in [-0.2, -0.15) is 0 Å². The van der Waals surface area contributed by atoms with E-state index in [4.69, 9.17) is 4.74 Å². The van der Waals surface area contributed by atoms with Gasteiger partial charge in [0.25, 0.3) is 0 Å². The molecule has 0 bridgehead atoms. The molecule has 0 radical (unpaired) electrons. The maximum absolute atomic E-state index is 10.8. The van der Waals surface area contributed by atoms with Crippen LogP contribution >= 0.6 is 0 Å². The van der Waals surface area contributed by atoms with Gasteiger partial charge in [0, 0.05) is 12.0 Å². The van der Waals surface area contributed by atoms with Crippen LogP contribution in [0.5, 0.6) is 0 Å².